The van der Waals surface area contributed by atoms with Gasteiger partial charge in [0.2, 0.25) is 0 Å². The second-order valence-corrected chi connectivity index (χ2v) is 5.05. The zero-order chi connectivity index (χ0) is 14.7. The number of aromatic nitrogens is 3. The summed E-state index contributed by atoms with van der Waals surface area (Å²) in [5.74, 6) is 0. The van der Waals surface area contributed by atoms with Crippen LogP contribution in [0.15, 0.2) is 54.6 Å². The lowest BCUT2D eigenvalue weighted by Gasteiger charge is -2.10. The molecule has 0 unspecified atom stereocenters. The van der Waals surface area contributed by atoms with Crippen molar-refractivity contribution in [2.24, 2.45) is 5.73 Å². The van der Waals surface area contributed by atoms with Crippen LogP contribution >= 0.6 is 0 Å². The molecule has 3 aromatic rings. The van der Waals surface area contributed by atoms with Gasteiger partial charge >= 0.3 is 0 Å². The molecule has 4 nitrogen and oxygen atoms in total. The molecule has 0 radical (unpaired) electrons. The Bertz CT molecular complexity index is 732. The predicted molar refractivity (Wildman–Crippen MR) is 83.6 cm³/mol. The zero-order valence-electron chi connectivity index (χ0n) is 12.0. The summed E-state index contributed by atoms with van der Waals surface area (Å²) in [5, 5.41) is 8.52. The molecule has 0 atom stereocenters. The van der Waals surface area contributed by atoms with Gasteiger partial charge in [-0.15, -0.1) is 5.10 Å². The van der Waals surface area contributed by atoms with Crippen molar-refractivity contribution in [2.45, 2.75) is 20.0 Å². The third kappa shape index (κ3) is 2.71. The maximum atomic E-state index is 5.83. The first-order chi connectivity index (χ1) is 10.3. The summed E-state index contributed by atoms with van der Waals surface area (Å²) in [5.41, 5.74) is 11.2. The van der Waals surface area contributed by atoms with Crippen LogP contribution in [-0.4, -0.2) is 15.0 Å². The van der Waals surface area contributed by atoms with Crippen molar-refractivity contribution in [1.82, 2.24) is 15.0 Å². The van der Waals surface area contributed by atoms with E-state index in [2.05, 4.69) is 41.5 Å². The summed E-state index contributed by atoms with van der Waals surface area (Å²) in [6, 6.07) is 18.5. The Hall–Kier alpha value is -2.46. The fourth-order valence-corrected chi connectivity index (χ4v) is 2.49. The molecule has 0 fully saturated rings. The number of hydrogen-bond acceptors (Lipinski definition) is 3. The average Bonchev–Trinajstić information content (AvgIpc) is 2.91. The molecule has 2 N–H and O–H groups in total. The lowest BCUT2D eigenvalue weighted by Crippen LogP contribution is -2.06. The third-order valence-corrected chi connectivity index (χ3v) is 3.57. The lowest BCUT2D eigenvalue weighted by molar-refractivity contribution is 0.654. The zero-order valence-corrected chi connectivity index (χ0v) is 12.0. The first kappa shape index (κ1) is 13.5. The van der Waals surface area contributed by atoms with Crippen molar-refractivity contribution < 1.29 is 0 Å². The second kappa shape index (κ2) is 5.89. The van der Waals surface area contributed by atoms with E-state index in [4.69, 9.17) is 5.73 Å². The summed E-state index contributed by atoms with van der Waals surface area (Å²) in [7, 11) is 0. The highest BCUT2D eigenvalue weighted by atomic mass is 15.4. The summed E-state index contributed by atoms with van der Waals surface area (Å²) in [6.45, 7) is 3.17. The Morgan fingerprint density at radius 3 is 2.43 bits per heavy atom. The largest absolute Gasteiger partial charge is 0.325 e. The molecular weight excluding hydrogens is 260 g/mol. The minimum Gasteiger partial charge on any atom is -0.325 e. The molecule has 0 bridgehead atoms. The first-order valence-corrected chi connectivity index (χ1v) is 7.02. The Kier molecular flexibility index (Phi) is 3.79. The van der Waals surface area contributed by atoms with Gasteiger partial charge in [0.1, 0.15) is 5.69 Å². The van der Waals surface area contributed by atoms with Crippen LogP contribution in [0, 0.1) is 6.92 Å². The maximum absolute atomic E-state index is 5.83. The summed E-state index contributed by atoms with van der Waals surface area (Å²) in [4.78, 5) is 0. The van der Waals surface area contributed by atoms with E-state index in [1.807, 2.05) is 35.0 Å². The Balaban J connectivity index is 2.07. The normalized spacial score (nSPS) is 10.8. The number of nitrogens with two attached hydrogens (primary N) is 1. The molecule has 0 amide bonds. The molecule has 2 aromatic carbocycles. The van der Waals surface area contributed by atoms with E-state index in [9.17, 15) is 0 Å². The van der Waals surface area contributed by atoms with Crippen LogP contribution in [0.25, 0.3) is 11.3 Å². The topological polar surface area (TPSA) is 56.7 Å². The molecule has 3 rings (SSSR count). The molecule has 4 heteroatoms. The quantitative estimate of drug-likeness (QED) is 0.798. The van der Waals surface area contributed by atoms with Gasteiger partial charge in [0, 0.05) is 12.1 Å². The van der Waals surface area contributed by atoms with Gasteiger partial charge < -0.3 is 5.73 Å². The van der Waals surface area contributed by atoms with Crippen molar-refractivity contribution in [2.75, 3.05) is 0 Å². The van der Waals surface area contributed by atoms with Crippen molar-refractivity contribution in [3.8, 4) is 11.3 Å². The van der Waals surface area contributed by atoms with Gasteiger partial charge in [0.15, 0.2) is 0 Å². The minimum atomic E-state index is 0.387. The van der Waals surface area contributed by atoms with Gasteiger partial charge in [-0.25, -0.2) is 4.68 Å². The fraction of sp³-hybridized carbons (Fsp3) is 0.176. The molecule has 106 valence electrons. The summed E-state index contributed by atoms with van der Waals surface area (Å²) < 4.78 is 1.93. The van der Waals surface area contributed by atoms with Crippen molar-refractivity contribution in [3.63, 3.8) is 0 Å². The van der Waals surface area contributed by atoms with E-state index in [1.165, 1.54) is 11.1 Å². The van der Waals surface area contributed by atoms with Crippen LogP contribution in [0.4, 0.5) is 0 Å². The lowest BCUT2D eigenvalue weighted by atomic mass is 10.0. The van der Waals surface area contributed by atoms with Gasteiger partial charge in [0.05, 0.1) is 12.2 Å². The Morgan fingerprint density at radius 1 is 1.00 bits per heavy atom. The average molecular weight is 278 g/mol. The molecular formula is C17H18N4. The summed E-state index contributed by atoms with van der Waals surface area (Å²) >= 11 is 0. The predicted octanol–water partition coefficient (Wildman–Crippen LogP) is 2.76. The van der Waals surface area contributed by atoms with Gasteiger partial charge in [-0.2, -0.15) is 0 Å². The Morgan fingerprint density at radius 2 is 1.71 bits per heavy atom. The highest BCUT2D eigenvalue weighted by Crippen LogP contribution is 2.26. The molecule has 0 aliphatic rings. The van der Waals surface area contributed by atoms with Crippen molar-refractivity contribution in [3.05, 3.63) is 71.4 Å². The van der Waals surface area contributed by atoms with E-state index >= 15 is 0 Å². The SMILES string of the molecule is Cc1ccccc1-c1c(CN)nnn1Cc1ccccc1. The molecule has 1 heterocycles. The molecule has 1 aromatic heterocycles. The highest BCUT2D eigenvalue weighted by molar-refractivity contribution is 5.65. The smallest absolute Gasteiger partial charge is 0.104 e. The molecule has 0 aliphatic carbocycles. The van der Waals surface area contributed by atoms with Crippen molar-refractivity contribution in [1.29, 1.82) is 0 Å². The van der Waals surface area contributed by atoms with Crippen LogP contribution in [0.2, 0.25) is 0 Å². The molecule has 21 heavy (non-hydrogen) atoms. The third-order valence-electron chi connectivity index (χ3n) is 3.57. The number of nitrogens with zero attached hydrogens (tertiary/aromatic N) is 3. The van der Waals surface area contributed by atoms with Crippen LogP contribution in [-0.2, 0) is 13.1 Å². The van der Waals surface area contributed by atoms with Gasteiger partial charge in [-0.3, -0.25) is 0 Å². The van der Waals surface area contributed by atoms with Crippen LogP contribution in [0.5, 0.6) is 0 Å². The van der Waals surface area contributed by atoms with Crippen LogP contribution in [0.1, 0.15) is 16.8 Å². The van der Waals surface area contributed by atoms with Crippen molar-refractivity contribution >= 4 is 0 Å². The van der Waals surface area contributed by atoms with Gasteiger partial charge in [-0.1, -0.05) is 59.8 Å². The fourth-order valence-electron chi connectivity index (χ4n) is 2.49. The first-order valence-electron chi connectivity index (χ1n) is 7.02. The van der Waals surface area contributed by atoms with E-state index in [-0.39, 0.29) is 0 Å². The second-order valence-electron chi connectivity index (χ2n) is 5.05. The maximum Gasteiger partial charge on any atom is 0.104 e. The number of hydrogen-bond donors (Lipinski definition) is 1. The highest BCUT2D eigenvalue weighted by Gasteiger charge is 2.15. The van der Waals surface area contributed by atoms with Gasteiger partial charge in [-0.05, 0) is 18.1 Å². The number of rotatable bonds is 4. The molecule has 0 saturated carbocycles. The molecule has 0 aliphatic heterocycles. The summed E-state index contributed by atoms with van der Waals surface area (Å²) in [6.07, 6.45) is 0. The van der Waals surface area contributed by atoms with Crippen LogP contribution in [0.3, 0.4) is 0 Å². The standard InChI is InChI=1S/C17H18N4/c1-13-7-5-6-10-15(13)17-16(11-18)19-20-21(17)12-14-8-3-2-4-9-14/h2-10H,11-12,18H2,1H3. The monoisotopic (exact) mass is 278 g/mol. The van der Waals surface area contributed by atoms with E-state index in [0.717, 1.165) is 17.0 Å². The number of aryl methyl sites for hydroxylation is 1. The van der Waals surface area contributed by atoms with Gasteiger partial charge in [0.25, 0.3) is 0 Å². The van der Waals surface area contributed by atoms with E-state index < -0.39 is 0 Å². The Labute approximate surface area is 124 Å². The molecule has 0 saturated heterocycles. The van der Waals surface area contributed by atoms with Crippen LogP contribution < -0.4 is 5.73 Å². The minimum absolute atomic E-state index is 0.387. The van der Waals surface area contributed by atoms with E-state index in [1.54, 1.807) is 0 Å². The van der Waals surface area contributed by atoms with E-state index in [0.29, 0.717) is 13.1 Å². The number of benzene rings is 2. The molecule has 0 spiro atoms.